The molecular formula is C30H37ClN2O2. The molecule has 1 saturated heterocycles. The van der Waals surface area contributed by atoms with Gasteiger partial charge in [0.1, 0.15) is 0 Å². The number of Topliss-reactive ketones (excluding diaryl/α,β-unsaturated/α-hetero) is 1. The maximum atomic E-state index is 13.1. The topological polar surface area (TPSA) is 40.6 Å². The summed E-state index contributed by atoms with van der Waals surface area (Å²) in [4.78, 5) is 29.9. The summed E-state index contributed by atoms with van der Waals surface area (Å²) in [5, 5.41) is 0. The minimum Gasteiger partial charge on any atom is -0.312 e. The van der Waals surface area contributed by atoms with Crippen molar-refractivity contribution in [2.45, 2.75) is 76.7 Å². The molecule has 1 aliphatic carbocycles. The number of carbonyl (C=O) groups excluding carboxylic acids is 2. The minimum atomic E-state index is 0. The number of rotatable bonds is 5. The molecule has 0 saturated carbocycles. The van der Waals surface area contributed by atoms with Gasteiger partial charge in [0.2, 0.25) is 5.91 Å². The fourth-order valence-corrected chi connectivity index (χ4v) is 6.90. The summed E-state index contributed by atoms with van der Waals surface area (Å²) in [7, 11) is 0. The van der Waals surface area contributed by atoms with E-state index in [1.165, 1.54) is 62.7 Å². The molecule has 2 aromatic rings. The Morgan fingerprint density at radius 2 is 1.46 bits per heavy atom. The zero-order valence-electron chi connectivity index (χ0n) is 20.6. The summed E-state index contributed by atoms with van der Waals surface area (Å²) in [6.07, 6.45) is 11.4. The van der Waals surface area contributed by atoms with Crippen LogP contribution in [0.25, 0.3) is 0 Å². The molecule has 0 aromatic heterocycles. The summed E-state index contributed by atoms with van der Waals surface area (Å²) >= 11 is 0. The Balaban J connectivity index is 0.00000253. The van der Waals surface area contributed by atoms with E-state index >= 15 is 0 Å². The van der Waals surface area contributed by atoms with Gasteiger partial charge in [0.25, 0.3) is 0 Å². The Kier molecular flexibility index (Phi) is 7.31. The average Bonchev–Trinajstić information content (AvgIpc) is 3.19. The number of benzene rings is 2. The van der Waals surface area contributed by atoms with Crippen molar-refractivity contribution in [3.8, 4) is 0 Å². The van der Waals surface area contributed by atoms with Crippen LogP contribution in [0.15, 0.2) is 36.4 Å². The number of anilines is 1. The van der Waals surface area contributed by atoms with E-state index in [1.807, 2.05) is 4.90 Å². The molecule has 2 aromatic carbocycles. The highest BCUT2D eigenvalue weighted by atomic mass is 35.5. The van der Waals surface area contributed by atoms with Crippen LogP contribution in [0.4, 0.5) is 5.69 Å². The van der Waals surface area contributed by atoms with Crippen molar-refractivity contribution < 1.29 is 9.59 Å². The van der Waals surface area contributed by atoms with E-state index in [1.54, 1.807) is 11.1 Å². The smallest absolute Gasteiger partial charge is 0.227 e. The van der Waals surface area contributed by atoms with Crippen molar-refractivity contribution in [3.63, 3.8) is 0 Å². The molecule has 0 atom stereocenters. The normalized spacial score (nSPS) is 20.7. The lowest BCUT2D eigenvalue weighted by molar-refractivity contribution is -0.118. The number of hydrogen-bond acceptors (Lipinski definition) is 3. The minimum absolute atomic E-state index is 0. The van der Waals surface area contributed by atoms with Gasteiger partial charge in [-0.05, 0) is 111 Å². The van der Waals surface area contributed by atoms with E-state index in [2.05, 4.69) is 41.3 Å². The number of carbonyl (C=O) groups is 2. The zero-order valence-corrected chi connectivity index (χ0v) is 21.5. The Bertz CT molecular complexity index is 1080. The lowest BCUT2D eigenvalue weighted by atomic mass is 9.88. The number of nitrogens with zero attached hydrogens (tertiary/aromatic N) is 2. The van der Waals surface area contributed by atoms with Gasteiger partial charge in [0, 0.05) is 31.0 Å². The molecule has 35 heavy (non-hydrogen) atoms. The number of piperidine rings is 1. The van der Waals surface area contributed by atoms with Crippen molar-refractivity contribution >= 4 is 29.8 Å². The van der Waals surface area contributed by atoms with E-state index in [9.17, 15) is 9.59 Å². The van der Waals surface area contributed by atoms with E-state index in [0.717, 1.165) is 37.1 Å². The highest BCUT2D eigenvalue weighted by molar-refractivity contribution is 6.02. The van der Waals surface area contributed by atoms with Crippen LogP contribution < -0.4 is 4.90 Å². The van der Waals surface area contributed by atoms with Crippen molar-refractivity contribution in [1.29, 1.82) is 0 Å². The molecule has 3 aliphatic heterocycles. The zero-order chi connectivity index (χ0) is 23.1. The molecule has 0 spiro atoms. The van der Waals surface area contributed by atoms with Crippen LogP contribution in [0, 0.1) is 5.92 Å². The Labute approximate surface area is 215 Å². The van der Waals surface area contributed by atoms with E-state index in [4.69, 9.17) is 0 Å². The standard InChI is InChI=1S/C30H36N2O2.ClH/c33-28(26-19-24-8-12-29(34)32-18-15-25(20-26)30(24)32)11-5-21-13-16-31(17-14-21)27-9-6-22-3-1-2-4-23(22)7-10-27;/h1-4,19-21,27H,5-18H2;1H. The van der Waals surface area contributed by atoms with Crippen molar-refractivity contribution in [1.82, 2.24) is 4.90 Å². The van der Waals surface area contributed by atoms with Gasteiger partial charge in [0.05, 0.1) is 5.69 Å². The first-order valence-corrected chi connectivity index (χ1v) is 13.5. The predicted octanol–water partition coefficient (Wildman–Crippen LogP) is 5.57. The Morgan fingerprint density at radius 3 is 2.14 bits per heavy atom. The highest BCUT2D eigenvalue weighted by Crippen LogP contribution is 2.38. The summed E-state index contributed by atoms with van der Waals surface area (Å²) in [5.74, 6) is 1.20. The van der Waals surface area contributed by atoms with Crippen LogP contribution in [0.5, 0.6) is 0 Å². The number of hydrogen-bond donors (Lipinski definition) is 0. The number of likely N-dealkylation sites (tertiary alicyclic amines) is 1. The SMILES string of the molecule is Cl.O=C(CCC1CCN(C2CCc3ccccc3CC2)CC1)c1cc2c3c(c1)CCN3C(=O)CC2. The Morgan fingerprint density at radius 1 is 0.800 bits per heavy atom. The van der Waals surface area contributed by atoms with Crippen LogP contribution >= 0.6 is 12.4 Å². The third-order valence-corrected chi connectivity index (χ3v) is 8.93. The first kappa shape index (κ1) is 24.5. The molecule has 0 bridgehead atoms. The van der Waals surface area contributed by atoms with Crippen LogP contribution in [0.3, 0.4) is 0 Å². The van der Waals surface area contributed by atoms with Gasteiger partial charge >= 0.3 is 0 Å². The Hall–Kier alpha value is -2.17. The summed E-state index contributed by atoms with van der Waals surface area (Å²) in [5.41, 5.74) is 7.50. The van der Waals surface area contributed by atoms with Crippen LogP contribution in [0.1, 0.15) is 77.6 Å². The quantitative estimate of drug-likeness (QED) is 0.405. The van der Waals surface area contributed by atoms with Crippen LogP contribution in [-0.4, -0.2) is 42.3 Å². The molecule has 4 nitrogen and oxygen atoms in total. The van der Waals surface area contributed by atoms with Gasteiger partial charge in [0.15, 0.2) is 5.78 Å². The number of fused-ring (bicyclic) bond motifs is 1. The van der Waals surface area contributed by atoms with Crippen LogP contribution in [-0.2, 0) is 30.5 Å². The molecule has 0 N–H and O–H groups in total. The predicted molar refractivity (Wildman–Crippen MR) is 143 cm³/mol. The second-order valence-corrected chi connectivity index (χ2v) is 10.9. The van der Waals surface area contributed by atoms with Gasteiger partial charge in [-0.25, -0.2) is 0 Å². The third-order valence-electron chi connectivity index (χ3n) is 8.93. The maximum Gasteiger partial charge on any atom is 0.227 e. The molecule has 0 unspecified atom stereocenters. The van der Waals surface area contributed by atoms with Crippen molar-refractivity contribution in [3.05, 3.63) is 64.2 Å². The summed E-state index contributed by atoms with van der Waals surface area (Å²) < 4.78 is 0. The lowest BCUT2D eigenvalue weighted by Gasteiger charge is -2.37. The van der Waals surface area contributed by atoms with Crippen LogP contribution in [0.2, 0.25) is 0 Å². The molecule has 5 heteroatoms. The molecule has 1 fully saturated rings. The fraction of sp³-hybridized carbons (Fsp3) is 0.533. The highest BCUT2D eigenvalue weighted by Gasteiger charge is 2.32. The van der Waals surface area contributed by atoms with Gasteiger partial charge in [-0.3, -0.25) is 9.59 Å². The van der Waals surface area contributed by atoms with Crippen molar-refractivity contribution in [2.24, 2.45) is 5.92 Å². The molecule has 6 rings (SSSR count). The second-order valence-electron chi connectivity index (χ2n) is 10.9. The molecule has 0 radical (unpaired) electrons. The lowest BCUT2D eigenvalue weighted by Crippen LogP contribution is -2.41. The largest absolute Gasteiger partial charge is 0.312 e. The molecule has 1 amide bonds. The number of halogens is 1. The first-order chi connectivity index (χ1) is 16.7. The summed E-state index contributed by atoms with van der Waals surface area (Å²) in [6, 6.07) is 13.9. The maximum absolute atomic E-state index is 13.1. The number of aryl methyl sites for hydroxylation is 3. The molecular weight excluding hydrogens is 456 g/mol. The third kappa shape index (κ3) is 4.93. The van der Waals surface area contributed by atoms with Gasteiger partial charge < -0.3 is 9.80 Å². The second kappa shape index (κ2) is 10.4. The average molecular weight is 493 g/mol. The van der Waals surface area contributed by atoms with Gasteiger partial charge in [-0.1, -0.05) is 24.3 Å². The van der Waals surface area contributed by atoms with Gasteiger partial charge in [-0.2, -0.15) is 0 Å². The number of ketones is 1. The fourth-order valence-electron chi connectivity index (χ4n) is 6.90. The monoisotopic (exact) mass is 492 g/mol. The molecule has 4 aliphatic rings. The van der Waals surface area contributed by atoms with E-state index < -0.39 is 0 Å². The van der Waals surface area contributed by atoms with Crippen molar-refractivity contribution in [2.75, 3.05) is 24.5 Å². The van der Waals surface area contributed by atoms with E-state index in [0.29, 0.717) is 30.6 Å². The first-order valence-electron chi connectivity index (χ1n) is 13.5. The van der Waals surface area contributed by atoms with Gasteiger partial charge in [-0.15, -0.1) is 12.4 Å². The number of amides is 1. The molecule has 186 valence electrons. The van der Waals surface area contributed by atoms with E-state index in [-0.39, 0.29) is 18.3 Å². The summed E-state index contributed by atoms with van der Waals surface area (Å²) in [6.45, 7) is 3.16. The molecule has 3 heterocycles.